The number of amides is 1. The zero-order valence-corrected chi connectivity index (χ0v) is 14.6. The van der Waals surface area contributed by atoms with Crippen LogP contribution in [-0.2, 0) is 9.53 Å². The summed E-state index contributed by atoms with van der Waals surface area (Å²) < 4.78 is 10.0. The molecule has 1 aromatic heterocycles. The third-order valence-electron chi connectivity index (χ3n) is 3.27. The van der Waals surface area contributed by atoms with E-state index in [4.69, 9.17) is 9.47 Å². The van der Waals surface area contributed by atoms with Crippen LogP contribution < -0.4 is 10.1 Å². The van der Waals surface area contributed by atoms with Gasteiger partial charge in [-0.3, -0.25) is 14.9 Å². The Hall–Kier alpha value is -2.94. The number of nitrogens with one attached hydrogen (secondary N) is 1. The van der Waals surface area contributed by atoms with Gasteiger partial charge in [-0.1, -0.05) is 0 Å². The van der Waals surface area contributed by atoms with Crippen molar-refractivity contribution in [3.63, 3.8) is 0 Å². The van der Waals surface area contributed by atoms with E-state index in [1.54, 1.807) is 13.0 Å². The van der Waals surface area contributed by atoms with Crippen molar-refractivity contribution >= 4 is 34.6 Å². The van der Waals surface area contributed by atoms with Crippen LogP contribution in [0.3, 0.4) is 0 Å². The average Bonchev–Trinajstić information content (AvgIpc) is 2.91. The Morgan fingerprint density at radius 3 is 2.56 bits per heavy atom. The third-order valence-corrected chi connectivity index (χ3v) is 4.23. The first kappa shape index (κ1) is 18.4. The van der Waals surface area contributed by atoms with Gasteiger partial charge < -0.3 is 14.8 Å². The summed E-state index contributed by atoms with van der Waals surface area (Å²) in [5.74, 6) is -1.02. The number of thiophene rings is 1. The Balaban J connectivity index is 1.99. The van der Waals surface area contributed by atoms with Crippen molar-refractivity contribution in [1.29, 1.82) is 0 Å². The molecule has 1 aromatic carbocycles. The zero-order chi connectivity index (χ0) is 18.6. The Labute approximate surface area is 147 Å². The van der Waals surface area contributed by atoms with E-state index in [-0.39, 0.29) is 17.1 Å². The second kappa shape index (κ2) is 7.75. The monoisotopic (exact) mass is 364 g/mol. The first-order chi connectivity index (χ1) is 11.8. The van der Waals surface area contributed by atoms with Gasteiger partial charge in [-0.05, 0) is 26.0 Å². The molecule has 8 nitrogen and oxygen atoms in total. The minimum atomic E-state index is -0.579. The molecule has 132 valence electrons. The number of carbonyl (C=O) groups excluding carboxylic acids is 2. The lowest BCUT2D eigenvalue weighted by Crippen LogP contribution is -2.21. The number of anilines is 1. The highest BCUT2D eigenvalue weighted by Crippen LogP contribution is 2.29. The third kappa shape index (κ3) is 4.54. The van der Waals surface area contributed by atoms with Crippen molar-refractivity contribution in [3.8, 4) is 5.75 Å². The number of methoxy groups -OCH3 is 1. The number of aryl methyl sites for hydroxylation is 2. The molecule has 0 saturated heterocycles. The number of hydrogen-bond acceptors (Lipinski definition) is 7. The normalized spacial score (nSPS) is 10.2. The van der Waals surface area contributed by atoms with E-state index in [1.807, 2.05) is 6.92 Å². The fraction of sp³-hybridized carbons (Fsp3) is 0.250. The van der Waals surface area contributed by atoms with E-state index in [9.17, 15) is 19.7 Å². The second-order valence-electron chi connectivity index (χ2n) is 5.09. The van der Waals surface area contributed by atoms with Crippen LogP contribution in [0, 0.1) is 24.0 Å². The maximum absolute atomic E-state index is 12.0. The Morgan fingerprint density at radius 1 is 1.28 bits per heavy atom. The molecule has 0 fully saturated rings. The summed E-state index contributed by atoms with van der Waals surface area (Å²) in [7, 11) is 1.33. The Kier molecular flexibility index (Phi) is 5.71. The number of nitro groups is 1. The SMILES string of the molecule is COc1cc([N+](=O)[O-])ccc1NC(=O)COC(=O)c1cc(C)sc1C. The largest absolute Gasteiger partial charge is 0.494 e. The molecule has 0 bridgehead atoms. The highest BCUT2D eigenvalue weighted by molar-refractivity contribution is 7.12. The van der Waals surface area contributed by atoms with Gasteiger partial charge in [0, 0.05) is 15.8 Å². The summed E-state index contributed by atoms with van der Waals surface area (Å²) in [6.07, 6.45) is 0. The molecule has 0 radical (unpaired) electrons. The minimum absolute atomic E-state index is 0.137. The molecule has 2 rings (SSSR count). The molecule has 0 atom stereocenters. The number of ether oxygens (including phenoxy) is 2. The minimum Gasteiger partial charge on any atom is -0.494 e. The molecule has 0 aliphatic rings. The molecule has 0 aliphatic carbocycles. The van der Waals surface area contributed by atoms with E-state index in [0.717, 1.165) is 9.75 Å². The predicted molar refractivity (Wildman–Crippen MR) is 92.4 cm³/mol. The van der Waals surface area contributed by atoms with Gasteiger partial charge in [-0.2, -0.15) is 0 Å². The standard InChI is InChI=1S/C16H16N2O6S/c1-9-6-12(10(2)25-9)16(20)24-8-15(19)17-13-5-4-11(18(21)22)7-14(13)23-3/h4-7H,8H2,1-3H3,(H,17,19). The predicted octanol–water partition coefficient (Wildman–Crippen LogP) is 3.08. The molecule has 0 unspecified atom stereocenters. The topological polar surface area (TPSA) is 108 Å². The Morgan fingerprint density at radius 2 is 2.00 bits per heavy atom. The van der Waals surface area contributed by atoms with Crippen LogP contribution in [0.2, 0.25) is 0 Å². The molecular formula is C16H16N2O6S. The van der Waals surface area contributed by atoms with Gasteiger partial charge in [0.1, 0.15) is 5.75 Å². The van der Waals surface area contributed by atoms with Crippen molar-refractivity contribution in [1.82, 2.24) is 0 Å². The number of hydrogen-bond donors (Lipinski definition) is 1. The van der Waals surface area contributed by atoms with Gasteiger partial charge in [0.05, 0.1) is 29.4 Å². The highest BCUT2D eigenvalue weighted by Gasteiger charge is 2.17. The van der Waals surface area contributed by atoms with Gasteiger partial charge in [0.2, 0.25) is 0 Å². The molecule has 0 spiro atoms. The van der Waals surface area contributed by atoms with Crippen LogP contribution in [0.5, 0.6) is 5.75 Å². The molecule has 1 N–H and O–H groups in total. The number of carbonyl (C=O) groups is 2. The van der Waals surface area contributed by atoms with E-state index in [1.165, 1.54) is 36.6 Å². The summed E-state index contributed by atoms with van der Waals surface area (Å²) in [5, 5.41) is 13.2. The van der Waals surface area contributed by atoms with Crippen LogP contribution >= 0.6 is 11.3 Å². The summed E-state index contributed by atoms with van der Waals surface area (Å²) in [4.78, 5) is 35.9. The summed E-state index contributed by atoms with van der Waals surface area (Å²) in [6.45, 7) is 3.20. The lowest BCUT2D eigenvalue weighted by molar-refractivity contribution is -0.384. The van der Waals surface area contributed by atoms with Gasteiger partial charge in [0.15, 0.2) is 6.61 Å². The summed E-state index contributed by atoms with van der Waals surface area (Å²) in [5.41, 5.74) is 0.518. The van der Waals surface area contributed by atoms with E-state index < -0.39 is 23.4 Å². The molecule has 0 aliphatic heterocycles. The lowest BCUT2D eigenvalue weighted by Gasteiger charge is -2.10. The number of rotatable bonds is 6. The van der Waals surface area contributed by atoms with Crippen molar-refractivity contribution in [2.45, 2.75) is 13.8 Å². The molecule has 0 saturated carbocycles. The van der Waals surface area contributed by atoms with Gasteiger partial charge in [-0.25, -0.2) is 4.79 Å². The van der Waals surface area contributed by atoms with Crippen LogP contribution in [0.1, 0.15) is 20.1 Å². The van der Waals surface area contributed by atoms with E-state index >= 15 is 0 Å². The zero-order valence-electron chi connectivity index (χ0n) is 13.8. The van der Waals surface area contributed by atoms with Gasteiger partial charge in [0.25, 0.3) is 11.6 Å². The first-order valence-corrected chi connectivity index (χ1v) is 8.00. The van der Waals surface area contributed by atoms with Crippen LogP contribution in [-0.4, -0.2) is 30.5 Å². The Bertz CT molecular complexity index is 830. The molecular weight excluding hydrogens is 348 g/mol. The quantitative estimate of drug-likeness (QED) is 0.479. The number of nitro benzene ring substituents is 1. The molecule has 25 heavy (non-hydrogen) atoms. The van der Waals surface area contributed by atoms with Crippen molar-refractivity contribution in [3.05, 3.63) is 49.7 Å². The van der Waals surface area contributed by atoms with Crippen molar-refractivity contribution in [2.24, 2.45) is 0 Å². The lowest BCUT2D eigenvalue weighted by atomic mass is 10.2. The molecule has 1 amide bonds. The summed E-state index contributed by atoms with van der Waals surface area (Å²) >= 11 is 1.47. The van der Waals surface area contributed by atoms with Crippen molar-refractivity contribution < 1.29 is 24.0 Å². The van der Waals surface area contributed by atoms with Crippen molar-refractivity contribution in [2.75, 3.05) is 19.0 Å². The highest BCUT2D eigenvalue weighted by atomic mass is 32.1. The van der Waals surface area contributed by atoms with Gasteiger partial charge in [-0.15, -0.1) is 11.3 Å². The average molecular weight is 364 g/mol. The maximum Gasteiger partial charge on any atom is 0.339 e. The number of non-ortho nitro benzene ring substituents is 1. The smallest absolute Gasteiger partial charge is 0.339 e. The fourth-order valence-corrected chi connectivity index (χ4v) is 3.04. The van der Waals surface area contributed by atoms with E-state index in [2.05, 4.69) is 5.32 Å². The van der Waals surface area contributed by atoms with Crippen LogP contribution in [0.15, 0.2) is 24.3 Å². The first-order valence-electron chi connectivity index (χ1n) is 7.18. The van der Waals surface area contributed by atoms with Crippen LogP contribution in [0.25, 0.3) is 0 Å². The van der Waals surface area contributed by atoms with Gasteiger partial charge >= 0.3 is 5.97 Å². The van der Waals surface area contributed by atoms with Crippen LogP contribution in [0.4, 0.5) is 11.4 Å². The number of benzene rings is 1. The number of esters is 1. The molecule has 2 aromatic rings. The maximum atomic E-state index is 12.0. The second-order valence-corrected chi connectivity index (χ2v) is 6.55. The number of nitrogens with zero attached hydrogens (tertiary/aromatic N) is 1. The van der Waals surface area contributed by atoms with E-state index in [0.29, 0.717) is 5.56 Å². The fourth-order valence-electron chi connectivity index (χ4n) is 2.13. The molecule has 1 heterocycles. The molecule has 9 heteroatoms. The summed E-state index contributed by atoms with van der Waals surface area (Å²) in [6, 6.07) is 5.49.